The molecule has 1 aliphatic heterocycles. The van der Waals surface area contributed by atoms with E-state index in [0.717, 1.165) is 11.1 Å². The summed E-state index contributed by atoms with van der Waals surface area (Å²) in [5.74, 6) is -0.112. The number of rotatable bonds is 1. The lowest BCUT2D eigenvalue weighted by Gasteiger charge is -2.16. The Hall–Kier alpha value is -3.15. The van der Waals surface area contributed by atoms with Crippen LogP contribution >= 0.6 is 0 Å². The smallest absolute Gasteiger partial charge is 0.273 e. The average molecular weight is 306 g/mol. The summed E-state index contributed by atoms with van der Waals surface area (Å²) in [6.45, 7) is 1.08. The monoisotopic (exact) mass is 306 g/mol. The molecule has 0 fully saturated rings. The Morgan fingerprint density at radius 1 is 1.09 bits per heavy atom. The van der Waals surface area contributed by atoms with Gasteiger partial charge in [0.2, 0.25) is 5.95 Å². The molecule has 0 atom stereocenters. The molecule has 0 unspecified atom stereocenters. The Bertz CT molecular complexity index is 914. The van der Waals surface area contributed by atoms with E-state index in [1.807, 2.05) is 24.3 Å². The summed E-state index contributed by atoms with van der Waals surface area (Å²) in [6, 6.07) is 12.6. The van der Waals surface area contributed by atoms with Crippen molar-refractivity contribution in [3.8, 4) is 5.75 Å². The molecule has 23 heavy (non-hydrogen) atoms. The highest BCUT2D eigenvalue weighted by molar-refractivity contribution is 6.05. The number of anilines is 1. The molecular formula is C17H14N4O2. The van der Waals surface area contributed by atoms with Crippen LogP contribution in [0.5, 0.6) is 5.75 Å². The van der Waals surface area contributed by atoms with Crippen LogP contribution < -0.4 is 5.73 Å². The number of hydrogen-bond acceptors (Lipinski definition) is 5. The molecule has 6 heteroatoms. The minimum absolute atomic E-state index is 0.0447. The fourth-order valence-corrected chi connectivity index (χ4v) is 2.92. The molecule has 2 heterocycles. The predicted molar refractivity (Wildman–Crippen MR) is 85.6 cm³/mol. The summed E-state index contributed by atoms with van der Waals surface area (Å²) < 4.78 is 0. The number of nitrogens with zero attached hydrogens (tertiary/aromatic N) is 3. The minimum Gasteiger partial charge on any atom is -0.508 e. The number of hydrogen-bond donors (Lipinski definition) is 2. The molecule has 0 spiro atoms. The van der Waals surface area contributed by atoms with Crippen LogP contribution in [-0.2, 0) is 13.1 Å². The molecule has 2 aromatic carbocycles. The number of fused-ring (bicyclic) bond motifs is 2. The standard InChI is InChI=1S/C17H14N4O2/c18-17-19-14-6-5-12(22)7-13(14)15(20-17)16(23)21-8-10-3-1-2-4-11(10)9-21/h1-7,22H,8-9H2,(H2,18,19,20). The van der Waals surface area contributed by atoms with Crippen LogP contribution in [0.3, 0.4) is 0 Å². The molecule has 0 saturated carbocycles. The van der Waals surface area contributed by atoms with E-state index in [9.17, 15) is 9.90 Å². The Morgan fingerprint density at radius 2 is 1.78 bits per heavy atom. The zero-order valence-corrected chi connectivity index (χ0v) is 12.2. The number of aromatic hydroxyl groups is 1. The van der Waals surface area contributed by atoms with Gasteiger partial charge in [0, 0.05) is 18.5 Å². The predicted octanol–water partition coefficient (Wildman–Crippen LogP) is 2.07. The molecule has 1 aliphatic rings. The van der Waals surface area contributed by atoms with Crippen molar-refractivity contribution < 1.29 is 9.90 Å². The van der Waals surface area contributed by atoms with Crippen LogP contribution in [0.2, 0.25) is 0 Å². The van der Waals surface area contributed by atoms with Gasteiger partial charge in [-0.15, -0.1) is 0 Å². The van der Waals surface area contributed by atoms with Crippen molar-refractivity contribution in [1.82, 2.24) is 14.9 Å². The van der Waals surface area contributed by atoms with Gasteiger partial charge in [0.15, 0.2) is 0 Å². The van der Waals surface area contributed by atoms with Gasteiger partial charge in [0.25, 0.3) is 5.91 Å². The maximum Gasteiger partial charge on any atom is 0.273 e. The number of phenols is 1. The van der Waals surface area contributed by atoms with Crippen molar-refractivity contribution in [3.05, 3.63) is 59.3 Å². The van der Waals surface area contributed by atoms with Crippen molar-refractivity contribution >= 4 is 22.8 Å². The second-order valence-corrected chi connectivity index (χ2v) is 5.56. The first-order valence-electron chi connectivity index (χ1n) is 7.24. The third-order valence-electron chi connectivity index (χ3n) is 4.03. The summed E-state index contributed by atoms with van der Waals surface area (Å²) in [4.78, 5) is 22.8. The summed E-state index contributed by atoms with van der Waals surface area (Å²) >= 11 is 0. The van der Waals surface area contributed by atoms with E-state index in [1.54, 1.807) is 11.0 Å². The highest BCUT2D eigenvalue weighted by Gasteiger charge is 2.26. The minimum atomic E-state index is -0.217. The molecule has 114 valence electrons. The zero-order chi connectivity index (χ0) is 16.0. The SMILES string of the molecule is Nc1nc(C(=O)N2Cc3ccccc3C2)c2cc(O)ccc2n1. The van der Waals surface area contributed by atoms with Gasteiger partial charge in [0.1, 0.15) is 11.4 Å². The summed E-state index contributed by atoms with van der Waals surface area (Å²) in [6.07, 6.45) is 0. The largest absolute Gasteiger partial charge is 0.508 e. The van der Waals surface area contributed by atoms with Gasteiger partial charge >= 0.3 is 0 Å². The van der Waals surface area contributed by atoms with Crippen LogP contribution in [0.25, 0.3) is 10.9 Å². The van der Waals surface area contributed by atoms with Gasteiger partial charge in [0.05, 0.1) is 5.52 Å². The number of carbonyl (C=O) groups excluding carboxylic acids is 1. The normalized spacial score (nSPS) is 13.3. The number of amides is 1. The van der Waals surface area contributed by atoms with Gasteiger partial charge in [-0.05, 0) is 29.3 Å². The van der Waals surface area contributed by atoms with Gasteiger partial charge in [-0.1, -0.05) is 24.3 Å². The molecule has 4 rings (SSSR count). The number of carbonyl (C=O) groups is 1. The van der Waals surface area contributed by atoms with Gasteiger partial charge in [-0.3, -0.25) is 4.79 Å². The van der Waals surface area contributed by atoms with Crippen LogP contribution in [0.4, 0.5) is 5.95 Å². The van der Waals surface area contributed by atoms with Crippen LogP contribution in [0.15, 0.2) is 42.5 Å². The van der Waals surface area contributed by atoms with E-state index >= 15 is 0 Å². The first-order valence-corrected chi connectivity index (χ1v) is 7.24. The lowest BCUT2D eigenvalue weighted by molar-refractivity contribution is 0.0747. The fourth-order valence-electron chi connectivity index (χ4n) is 2.92. The average Bonchev–Trinajstić information content (AvgIpc) is 2.98. The quantitative estimate of drug-likeness (QED) is 0.718. The lowest BCUT2D eigenvalue weighted by Crippen LogP contribution is -2.27. The third kappa shape index (κ3) is 2.24. The van der Waals surface area contributed by atoms with Crippen LogP contribution in [0.1, 0.15) is 21.6 Å². The van der Waals surface area contributed by atoms with Crippen molar-refractivity contribution in [2.24, 2.45) is 0 Å². The molecule has 0 saturated heterocycles. The summed E-state index contributed by atoms with van der Waals surface area (Å²) in [5, 5.41) is 10.2. The molecule has 6 nitrogen and oxygen atoms in total. The molecule has 0 radical (unpaired) electrons. The molecule has 3 aromatic rings. The van der Waals surface area contributed by atoms with E-state index in [2.05, 4.69) is 9.97 Å². The van der Waals surface area contributed by atoms with E-state index < -0.39 is 0 Å². The molecular weight excluding hydrogens is 292 g/mol. The Balaban J connectivity index is 1.78. The Labute approximate surface area is 132 Å². The number of aromatic nitrogens is 2. The Kier molecular flexibility index (Phi) is 2.90. The molecule has 0 bridgehead atoms. The maximum atomic E-state index is 12.9. The number of benzene rings is 2. The van der Waals surface area contributed by atoms with Crippen molar-refractivity contribution in [2.75, 3.05) is 5.73 Å². The second-order valence-electron chi connectivity index (χ2n) is 5.56. The topological polar surface area (TPSA) is 92.3 Å². The molecule has 1 amide bonds. The van der Waals surface area contributed by atoms with Gasteiger partial charge in [-0.2, -0.15) is 0 Å². The highest BCUT2D eigenvalue weighted by Crippen LogP contribution is 2.27. The summed E-state index contributed by atoms with van der Waals surface area (Å²) in [7, 11) is 0. The highest BCUT2D eigenvalue weighted by atomic mass is 16.3. The maximum absolute atomic E-state index is 12.9. The zero-order valence-electron chi connectivity index (χ0n) is 12.2. The molecule has 0 aliphatic carbocycles. The summed E-state index contributed by atoms with van der Waals surface area (Å²) in [5.41, 5.74) is 8.75. The van der Waals surface area contributed by atoms with E-state index in [1.165, 1.54) is 12.1 Å². The molecule has 3 N–H and O–H groups in total. The van der Waals surface area contributed by atoms with Crippen LogP contribution in [0, 0.1) is 0 Å². The molecule has 1 aromatic heterocycles. The van der Waals surface area contributed by atoms with Gasteiger partial charge in [-0.25, -0.2) is 9.97 Å². The van der Waals surface area contributed by atoms with E-state index in [4.69, 9.17) is 5.73 Å². The Morgan fingerprint density at radius 3 is 2.48 bits per heavy atom. The van der Waals surface area contributed by atoms with E-state index in [0.29, 0.717) is 24.0 Å². The van der Waals surface area contributed by atoms with E-state index in [-0.39, 0.29) is 23.3 Å². The number of nitrogens with two attached hydrogens (primary N) is 1. The van der Waals surface area contributed by atoms with Crippen LogP contribution in [-0.4, -0.2) is 25.9 Å². The lowest BCUT2D eigenvalue weighted by atomic mass is 10.1. The first kappa shape index (κ1) is 13.5. The number of nitrogen functional groups attached to an aromatic ring is 1. The van der Waals surface area contributed by atoms with Crippen molar-refractivity contribution in [1.29, 1.82) is 0 Å². The fraction of sp³-hybridized carbons (Fsp3) is 0.118. The van der Waals surface area contributed by atoms with Crippen molar-refractivity contribution in [3.63, 3.8) is 0 Å². The third-order valence-corrected chi connectivity index (χ3v) is 4.03. The number of phenolic OH excluding ortho intramolecular Hbond substituents is 1. The first-order chi connectivity index (χ1) is 11.1. The second kappa shape index (κ2) is 4.95. The van der Waals surface area contributed by atoms with Crippen molar-refractivity contribution in [2.45, 2.75) is 13.1 Å². The van der Waals surface area contributed by atoms with Gasteiger partial charge < -0.3 is 15.7 Å².